The first-order chi connectivity index (χ1) is 11.6. The van der Waals surface area contributed by atoms with E-state index < -0.39 is 0 Å². The lowest BCUT2D eigenvalue weighted by Gasteiger charge is -2.32. The molecule has 6 nitrogen and oxygen atoms in total. The van der Waals surface area contributed by atoms with Crippen molar-refractivity contribution in [2.24, 2.45) is 0 Å². The monoisotopic (exact) mass is 326 g/mol. The molecule has 0 spiro atoms. The maximum Gasteiger partial charge on any atom is 0.318 e. The molecular weight excluding hydrogens is 304 g/mol. The highest BCUT2D eigenvalue weighted by atomic mass is 16.5. The molecule has 0 aliphatic carbocycles. The van der Waals surface area contributed by atoms with Crippen LogP contribution in [0.4, 0.5) is 4.79 Å². The van der Waals surface area contributed by atoms with E-state index in [1.165, 1.54) is 6.33 Å². The number of amides is 2. The SMILES string of the molecule is C[C@@H]1CN(C(=O)N[C@@H](C)c2ccc(-c3cncnc3)cc2)CCO1. The van der Waals surface area contributed by atoms with Gasteiger partial charge in [0.2, 0.25) is 0 Å². The highest BCUT2D eigenvalue weighted by Crippen LogP contribution is 2.21. The number of rotatable bonds is 3. The fourth-order valence-corrected chi connectivity index (χ4v) is 2.78. The second-order valence-corrected chi connectivity index (χ2v) is 6.05. The minimum absolute atomic E-state index is 0.0433. The van der Waals surface area contributed by atoms with E-state index in [-0.39, 0.29) is 18.2 Å². The first kappa shape index (κ1) is 16.4. The number of urea groups is 1. The Morgan fingerprint density at radius 1 is 1.25 bits per heavy atom. The fraction of sp³-hybridized carbons (Fsp3) is 0.389. The quantitative estimate of drug-likeness (QED) is 0.941. The highest BCUT2D eigenvalue weighted by Gasteiger charge is 2.22. The lowest BCUT2D eigenvalue weighted by Crippen LogP contribution is -2.49. The van der Waals surface area contributed by atoms with Gasteiger partial charge in [-0.3, -0.25) is 0 Å². The lowest BCUT2D eigenvalue weighted by molar-refractivity contribution is -0.00380. The standard InChI is InChI=1S/C18H22N4O2/c1-13-11-22(7-8-24-13)18(23)21-14(2)15-3-5-16(6-4-15)17-9-19-12-20-10-17/h3-6,9-10,12-14H,7-8,11H2,1-2H3,(H,21,23)/t13-,14+/m1/s1. The van der Waals surface area contributed by atoms with Crippen molar-refractivity contribution in [1.82, 2.24) is 20.2 Å². The third-order valence-electron chi connectivity index (χ3n) is 4.17. The van der Waals surface area contributed by atoms with Gasteiger partial charge in [-0.2, -0.15) is 0 Å². The van der Waals surface area contributed by atoms with E-state index in [4.69, 9.17) is 4.74 Å². The molecule has 1 aliphatic heterocycles. The largest absolute Gasteiger partial charge is 0.375 e. The number of hydrogen-bond donors (Lipinski definition) is 1. The van der Waals surface area contributed by atoms with Crippen molar-refractivity contribution in [2.45, 2.75) is 26.0 Å². The molecule has 0 radical (unpaired) electrons. The Kier molecular flexibility index (Phi) is 5.05. The van der Waals surface area contributed by atoms with Crippen LogP contribution >= 0.6 is 0 Å². The minimum atomic E-state index is -0.0586. The molecule has 1 aliphatic rings. The predicted octanol–water partition coefficient (Wildman–Crippen LogP) is 2.63. The van der Waals surface area contributed by atoms with Gasteiger partial charge in [0.1, 0.15) is 6.33 Å². The smallest absolute Gasteiger partial charge is 0.318 e. The summed E-state index contributed by atoms with van der Waals surface area (Å²) in [6, 6.07) is 7.99. The highest BCUT2D eigenvalue weighted by molar-refractivity contribution is 5.75. The van der Waals surface area contributed by atoms with E-state index in [0.717, 1.165) is 16.7 Å². The van der Waals surface area contributed by atoms with Crippen LogP contribution in [0.3, 0.4) is 0 Å². The van der Waals surface area contributed by atoms with Crippen molar-refractivity contribution in [1.29, 1.82) is 0 Å². The molecule has 0 unspecified atom stereocenters. The van der Waals surface area contributed by atoms with Crippen LogP contribution in [0, 0.1) is 0 Å². The second-order valence-electron chi connectivity index (χ2n) is 6.05. The van der Waals surface area contributed by atoms with Gasteiger partial charge in [0, 0.05) is 31.0 Å². The zero-order chi connectivity index (χ0) is 16.9. The van der Waals surface area contributed by atoms with Crippen LogP contribution in [-0.2, 0) is 4.74 Å². The Bertz CT molecular complexity index is 675. The number of nitrogens with zero attached hydrogens (tertiary/aromatic N) is 3. The average molecular weight is 326 g/mol. The summed E-state index contributed by atoms with van der Waals surface area (Å²) in [7, 11) is 0. The summed E-state index contributed by atoms with van der Waals surface area (Å²) in [4.78, 5) is 22.2. The number of ether oxygens (including phenoxy) is 1. The maximum atomic E-state index is 12.4. The van der Waals surface area contributed by atoms with Gasteiger partial charge in [-0.05, 0) is 25.0 Å². The summed E-state index contributed by atoms with van der Waals surface area (Å²) in [6.45, 7) is 5.83. The lowest BCUT2D eigenvalue weighted by atomic mass is 10.0. The Hall–Kier alpha value is -2.47. The summed E-state index contributed by atoms with van der Waals surface area (Å²) in [5, 5.41) is 3.05. The van der Waals surface area contributed by atoms with Crippen LogP contribution in [0.25, 0.3) is 11.1 Å². The van der Waals surface area contributed by atoms with E-state index in [1.54, 1.807) is 17.3 Å². The third-order valence-corrected chi connectivity index (χ3v) is 4.17. The molecule has 2 atom stereocenters. The number of carbonyl (C=O) groups excluding carboxylic acids is 1. The van der Waals surface area contributed by atoms with Crippen LogP contribution < -0.4 is 5.32 Å². The molecule has 1 aromatic heterocycles. The van der Waals surface area contributed by atoms with Gasteiger partial charge in [-0.15, -0.1) is 0 Å². The number of nitrogens with one attached hydrogen (secondary N) is 1. The maximum absolute atomic E-state index is 12.4. The van der Waals surface area contributed by atoms with Crippen molar-refractivity contribution >= 4 is 6.03 Å². The Balaban J connectivity index is 1.62. The zero-order valence-electron chi connectivity index (χ0n) is 14.0. The van der Waals surface area contributed by atoms with E-state index >= 15 is 0 Å². The Labute approximate surface area is 141 Å². The van der Waals surface area contributed by atoms with Gasteiger partial charge >= 0.3 is 6.03 Å². The minimum Gasteiger partial charge on any atom is -0.375 e. The van der Waals surface area contributed by atoms with E-state index in [2.05, 4.69) is 15.3 Å². The molecule has 1 fully saturated rings. The number of morpholine rings is 1. The molecule has 1 N–H and O–H groups in total. The van der Waals surface area contributed by atoms with Gasteiger partial charge in [-0.25, -0.2) is 14.8 Å². The van der Waals surface area contributed by atoms with Gasteiger partial charge in [0.25, 0.3) is 0 Å². The van der Waals surface area contributed by atoms with Crippen molar-refractivity contribution in [3.8, 4) is 11.1 Å². The fourth-order valence-electron chi connectivity index (χ4n) is 2.78. The van der Waals surface area contributed by atoms with Crippen LogP contribution in [0.2, 0.25) is 0 Å². The number of aromatic nitrogens is 2. The van der Waals surface area contributed by atoms with Crippen LogP contribution in [0.15, 0.2) is 43.0 Å². The van der Waals surface area contributed by atoms with Gasteiger partial charge in [-0.1, -0.05) is 24.3 Å². The summed E-state index contributed by atoms with van der Waals surface area (Å²) in [6.07, 6.45) is 5.17. The first-order valence-corrected chi connectivity index (χ1v) is 8.16. The zero-order valence-corrected chi connectivity index (χ0v) is 14.0. The van der Waals surface area contributed by atoms with Crippen molar-refractivity contribution in [3.63, 3.8) is 0 Å². The molecule has 2 amide bonds. The van der Waals surface area contributed by atoms with Gasteiger partial charge in [0.15, 0.2) is 0 Å². The van der Waals surface area contributed by atoms with Gasteiger partial charge < -0.3 is 15.0 Å². The molecule has 3 rings (SSSR count). The van der Waals surface area contributed by atoms with Crippen LogP contribution in [0.5, 0.6) is 0 Å². The molecule has 2 aromatic rings. The van der Waals surface area contributed by atoms with Crippen molar-refractivity contribution < 1.29 is 9.53 Å². The van der Waals surface area contributed by atoms with Crippen LogP contribution in [-0.4, -0.2) is 46.7 Å². The van der Waals surface area contributed by atoms with Crippen molar-refractivity contribution in [2.75, 3.05) is 19.7 Å². The molecule has 1 saturated heterocycles. The third kappa shape index (κ3) is 3.89. The first-order valence-electron chi connectivity index (χ1n) is 8.16. The number of benzene rings is 1. The summed E-state index contributed by atoms with van der Waals surface area (Å²) in [5.74, 6) is 0. The van der Waals surface area contributed by atoms with Crippen LogP contribution in [0.1, 0.15) is 25.5 Å². The molecule has 0 bridgehead atoms. The summed E-state index contributed by atoms with van der Waals surface area (Å²) in [5.41, 5.74) is 3.09. The number of carbonyl (C=O) groups is 1. The molecule has 6 heteroatoms. The van der Waals surface area contributed by atoms with Crippen molar-refractivity contribution in [3.05, 3.63) is 48.5 Å². The predicted molar refractivity (Wildman–Crippen MR) is 91.4 cm³/mol. The molecule has 1 aromatic carbocycles. The molecule has 0 saturated carbocycles. The Morgan fingerprint density at radius 2 is 1.96 bits per heavy atom. The normalized spacial score (nSPS) is 18.9. The summed E-state index contributed by atoms with van der Waals surface area (Å²) < 4.78 is 5.47. The summed E-state index contributed by atoms with van der Waals surface area (Å²) >= 11 is 0. The number of hydrogen-bond acceptors (Lipinski definition) is 4. The average Bonchev–Trinajstić information content (AvgIpc) is 2.62. The van der Waals surface area contributed by atoms with E-state index in [1.807, 2.05) is 38.1 Å². The molecular formula is C18H22N4O2. The van der Waals surface area contributed by atoms with E-state index in [9.17, 15) is 4.79 Å². The second kappa shape index (κ2) is 7.40. The molecule has 126 valence electrons. The molecule has 24 heavy (non-hydrogen) atoms. The Morgan fingerprint density at radius 3 is 2.62 bits per heavy atom. The van der Waals surface area contributed by atoms with Gasteiger partial charge in [0.05, 0.1) is 18.8 Å². The topological polar surface area (TPSA) is 67.4 Å². The molecule has 2 heterocycles. The van der Waals surface area contributed by atoms with E-state index in [0.29, 0.717) is 19.7 Å².